The van der Waals surface area contributed by atoms with Crippen molar-refractivity contribution in [3.05, 3.63) is 52.3 Å². The molecule has 29 heavy (non-hydrogen) atoms. The Kier molecular flexibility index (Phi) is 5.35. The molecular weight excluding hydrogens is 392 g/mol. The fourth-order valence-corrected chi connectivity index (χ4v) is 4.24. The standard InChI is InChI=1S/C21H20N2O5S/c1-13-5-3-4-6-14(13)20(25)22-21-23(8-7-19(24)26-2)15-11-16-17(12-18(15)29-21)28-10-9-27-16/h3-6,11-12H,7-10H2,1-2H3. The topological polar surface area (TPSA) is 79.1 Å². The van der Waals surface area contributed by atoms with Crippen LogP contribution in [0.4, 0.5) is 0 Å². The molecule has 0 unspecified atom stereocenters. The summed E-state index contributed by atoms with van der Waals surface area (Å²) in [5.41, 5.74) is 2.25. The van der Waals surface area contributed by atoms with E-state index in [2.05, 4.69) is 4.99 Å². The molecule has 2 aromatic carbocycles. The summed E-state index contributed by atoms with van der Waals surface area (Å²) in [6, 6.07) is 11.1. The summed E-state index contributed by atoms with van der Waals surface area (Å²) in [6.07, 6.45) is 0.169. The average molecular weight is 412 g/mol. The van der Waals surface area contributed by atoms with E-state index in [1.807, 2.05) is 41.8 Å². The summed E-state index contributed by atoms with van der Waals surface area (Å²) in [4.78, 5) is 29.4. The van der Waals surface area contributed by atoms with Gasteiger partial charge in [-0.3, -0.25) is 9.59 Å². The zero-order valence-corrected chi connectivity index (χ0v) is 17.0. The van der Waals surface area contributed by atoms with E-state index in [-0.39, 0.29) is 18.3 Å². The van der Waals surface area contributed by atoms with Gasteiger partial charge < -0.3 is 18.8 Å². The smallest absolute Gasteiger partial charge is 0.307 e. The van der Waals surface area contributed by atoms with Crippen LogP contribution >= 0.6 is 11.3 Å². The first-order valence-corrected chi connectivity index (χ1v) is 10.0. The second kappa shape index (κ2) is 8.08. The van der Waals surface area contributed by atoms with Gasteiger partial charge in [0.2, 0.25) is 0 Å². The van der Waals surface area contributed by atoms with Crippen LogP contribution in [0.3, 0.4) is 0 Å². The zero-order chi connectivity index (χ0) is 20.4. The molecule has 8 heteroatoms. The van der Waals surface area contributed by atoms with Crippen molar-refractivity contribution in [2.45, 2.75) is 19.9 Å². The number of hydrogen-bond donors (Lipinski definition) is 0. The number of carbonyl (C=O) groups excluding carboxylic acids is 2. The van der Waals surface area contributed by atoms with Crippen molar-refractivity contribution < 1.29 is 23.8 Å². The summed E-state index contributed by atoms with van der Waals surface area (Å²) in [6.45, 7) is 3.19. The van der Waals surface area contributed by atoms with Gasteiger partial charge in [0.1, 0.15) is 13.2 Å². The SMILES string of the molecule is COC(=O)CCn1c(=NC(=O)c2ccccc2C)sc2cc3c(cc21)OCCO3. The minimum absolute atomic E-state index is 0.169. The van der Waals surface area contributed by atoms with Crippen LogP contribution in [0.5, 0.6) is 11.5 Å². The number of hydrogen-bond acceptors (Lipinski definition) is 6. The van der Waals surface area contributed by atoms with Crippen LogP contribution in [-0.2, 0) is 16.1 Å². The van der Waals surface area contributed by atoms with Gasteiger partial charge in [0.15, 0.2) is 16.3 Å². The lowest BCUT2D eigenvalue weighted by Gasteiger charge is -2.18. The number of aryl methyl sites for hydroxylation is 2. The van der Waals surface area contributed by atoms with E-state index in [0.717, 1.165) is 15.8 Å². The number of ether oxygens (including phenoxy) is 3. The van der Waals surface area contributed by atoms with Crippen LogP contribution in [0.1, 0.15) is 22.3 Å². The molecule has 0 fully saturated rings. The summed E-state index contributed by atoms with van der Waals surface area (Å²) in [5, 5.41) is 0. The lowest BCUT2D eigenvalue weighted by Crippen LogP contribution is -2.20. The van der Waals surface area contributed by atoms with Crippen molar-refractivity contribution in [2.75, 3.05) is 20.3 Å². The van der Waals surface area contributed by atoms with Gasteiger partial charge in [-0.05, 0) is 18.6 Å². The molecular formula is C21H20N2O5S. The Morgan fingerprint density at radius 1 is 1.17 bits per heavy atom. The highest BCUT2D eigenvalue weighted by atomic mass is 32.1. The fourth-order valence-electron chi connectivity index (χ4n) is 3.17. The molecule has 1 amide bonds. The number of amides is 1. The number of aromatic nitrogens is 1. The highest BCUT2D eigenvalue weighted by Crippen LogP contribution is 2.35. The third-order valence-electron chi connectivity index (χ3n) is 4.69. The van der Waals surface area contributed by atoms with Crippen LogP contribution < -0.4 is 14.3 Å². The van der Waals surface area contributed by atoms with Gasteiger partial charge in [-0.25, -0.2) is 0 Å². The van der Waals surface area contributed by atoms with Crippen LogP contribution in [0.15, 0.2) is 41.4 Å². The molecule has 7 nitrogen and oxygen atoms in total. The van der Waals surface area contributed by atoms with Crippen LogP contribution in [-0.4, -0.2) is 36.8 Å². The first kappa shape index (κ1) is 19.2. The number of thiazole rings is 1. The van der Waals surface area contributed by atoms with E-state index in [1.54, 1.807) is 6.07 Å². The highest BCUT2D eigenvalue weighted by molar-refractivity contribution is 7.16. The summed E-state index contributed by atoms with van der Waals surface area (Å²) in [5.74, 6) is 0.663. The molecule has 0 spiro atoms. The number of methoxy groups -OCH3 is 1. The number of benzene rings is 2. The van der Waals surface area contributed by atoms with Crippen molar-refractivity contribution >= 4 is 33.4 Å². The maximum atomic E-state index is 12.8. The maximum absolute atomic E-state index is 12.8. The normalized spacial score (nSPS) is 13.5. The Labute approximate surface area is 171 Å². The second-order valence-corrected chi connectivity index (χ2v) is 7.57. The van der Waals surface area contributed by atoms with Gasteiger partial charge in [-0.2, -0.15) is 4.99 Å². The molecule has 0 bridgehead atoms. The van der Waals surface area contributed by atoms with Gasteiger partial charge in [0.25, 0.3) is 5.91 Å². The molecule has 0 saturated carbocycles. The van der Waals surface area contributed by atoms with Crippen LogP contribution in [0.2, 0.25) is 0 Å². The number of esters is 1. The predicted molar refractivity (Wildman–Crippen MR) is 109 cm³/mol. The van der Waals surface area contributed by atoms with Crippen molar-refractivity contribution in [3.63, 3.8) is 0 Å². The van der Waals surface area contributed by atoms with E-state index in [1.165, 1.54) is 18.4 Å². The Morgan fingerprint density at radius 3 is 2.62 bits per heavy atom. The summed E-state index contributed by atoms with van der Waals surface area (Å²) >= 11 is 1.37. The van der Waals surface area contributed by atoms with Gasteiger partial charge >= 0.3 is 5.97 Å². The molecule has 3 aromatic rings. The average Bonchev–Trinajstić information content (AvgIpc) is 3.06. The lowest BCUT2D eigenvalue weighted by atomic mass is 10.1. The molecule has 0 radical (unpaired) electrons. The molecule has 0 N–H and O–H groups in total. The largest absolute Gasteiger partial charge is 0.486 e. The van der Waals surface area contributed by atoms with Crippen molar-refractivity contribution in [3.8, 4) is 11.5 Å². The van der Waals surface area contributed by atoms with Gasteiger partial charge in [-0.15, -0.1) is 0 Å². The van der Waals surface area contributed by atoms with E-state index in [0.29, 0.717) is 41.6 Å². The third-order valence-corrected chi connectivity index (χ3v) is 5.73. The summed E-state index contributed by atoms with van der Waals surface area (Å²) < 4.78 is 18.9. The quantitative estimate of drug-likeness (QED) is 0.616. The van der Waals surface area contributed by atoms with Gasteiger partial charge in [0, 0.05) is 24.2 Å². The van der Waals surface area contributed by atoms with E-state index in [9.17, 15) is 9.59 Å². The summed E-state index contributed by atoms with van der Waals surface area (Å²) in [7, 11) is 1.35. The molecule has 4 rings (SSSR count). The Bertz CT molecular complexity index is 1160. The number of nitrogens with zero attached hydrogens (tertiary/aromatic N) is 2. The van der Waals surface area contributed by atoms with Crippen molar-refractivity contribution in [1.29, 1.82) is 0 Å². The van der Waals surface area contributed by atoms with Gasteiger partial charge in [-0.1, -0.05) is 29.5 Å². The monoisotopic (exact) mass is 412 g/mol. The molecule has 1 aromatic heterocycles. The minimum atomic E-state index is -0.328. The highest BCUT2D eigenvalue weighted by Gasteiger charge is 2.18. The lowest BCUT2D eigenvalue weighted by molar-refractivity contribution is -0.140. The molecule has 150 valence electrons. The Hall–Kier alpha value is -3.13. The molecule has 0 atom stereocenters. The fraction of sp³-hybridized carbons (Fsp3) is 0.286. The number of fused-ring (bicyclic) bond motifs is 2. The third kappa shape index (κ3) is 3.88. The zero-order valence-electron chi connectivity index (χ0n) is 16.1. The molecule has 1 aliphatic heterocycles. The predicted octanol–water partition coefficient (Wildman–Crippen LogP) is 3.09. The maximum Gasteiger partial charge on any atom is 0.307 e. The van der Waals surface area contributed by atoms with Crippen molar-refractivity contribution in [2.24, 2.45) is 4.99 Å². The molecule has 2 heterocycles. The van der Waals surface area contributed by atoms with E-state index >= 15 is 0 Å². The van der Waals surface area contributed by atoms with Crippen LogP contribution in [0.25, 0.3) is 10.2 Å². The first-order valence-electron chi connectivity index (χ1n) is 9.21. The molecule has 0 saturated heterocycles. The molecule has 0 aliphatic carbocycles. The Morgan fingerprint density at radius 2 is 1.90 bits per heavy atom. The second-order valence-electron chi connectivity index (χ2n) is 6.56. The molecule has 1 aliphatic rings. The van der Waals surface area contributed by atoms with Crippen molar-refractivity contribution in [1.82, 2.24) is 4.57 Å². The number of rotatable bonds is 4. The van der Waals surface area contributed by atoms with Crippen LogP contribution in [0, 0.1) is 6.92 Å². The minimum Gasteiger partial charge on any atom is -0.486 e. The van der Waals surface area contributed by atoms with E-state index in [4.69, 9.17) is 14.2 Å². The van der Waals surface area contributed by atoms with E-state index < -0.39 is 0 Å². The Balaban J connectivity index is 1.83. The first-order chi connectivity index (χ1) is 14.1. The van der Waals surface area contributed by atoms with Gasteiger partial charge in [0.05, 0.1) is 23.7 Å². The number of carbonyl (C=O) groups is 2.